The van der Waals surface area contributed by atoms with Gasteiger partial charge < -0.3 is 10.6 Å². The highest BCUT2D eigenvalue weighted by molar-refractivity contribution is 7.89. The number of guanidine groups is 1. The first kappa shape index (κ1) is 21.7. The Kier molecular flexibility index (Phi) is 7.63. The Morgan fingerprint density at radius 3 is 2.55 bits per heavy atom. The maximum absolute atomic E-state index is 12.6. The van der Waals surface area contributed by atoms with E-state index in [4.69, 9.17) is 0 Å². The molecule has 1 aromatic carbocycles. The SMILES string of the molecule is CCc1cnc(CCNC(=NC)NCc2ccc(S(=O)(=O)N3CCCC3)cc2)s1. The van der Waals surface area contributed by atoms with Crippen molar-refractivity contribution in [3.05, 3.63) is 45.9 Å². The lowest BCUT2D eigenvalue weighted by Gasteiger charge is -2.16. The van der Waals surface area contributed by atoms with E-state index in [9.17, 15) is 8.42 Å². The van der Waals surface area contributed by atoms with E-state index in [0.717, 1.165) is 42.8 Å². The topological polar surface area (TPSA) is 86.7 Å². The van der Waals surface area contributed by atoms with Crippen molar-refractivity contribution in [2.45, 2.75) is 44.0 Å². The lowest BCUT2D eigenvalue weighted by molar-refractivity contribution is 0.477. The molecule has 0 saturated carbocycles. The standard InChI is InChI=1S/C20H29N5O2S2/c1-3-17-15-23-19(28-17)10-11-22-20(21-2)24-14-16-6-8-18(9-7-16)29(26,27)25-12-4-5-13-25/h6-9,15H,3-5,10-14H2,1-2H3,(H2,21,22,24). The number of hydrogen-bond donors (Lipinski definition) is 2. The summed E-state index contributed by atoms with van der Waals surface area (Å²) in [6.07, 6.45) is 5.70. The number of sulfonamides is 1. The molecule has 1 aliphatic heterocycles. The first-order chi connectivity index (χ1) is 14.0. The van der Waals surface area contributed by atoms with Crippen LogP contribution in [-0.4, -0.2) is 50.3 Å². The molecule has 0 atom stereocenters. The maximum atomic E-state index is 12.6. The first-order valence-corrected chi connectivity index (χ1v) is 12.3. The molecular weight excluding hydrogens is 406 g/mol. The number of aryl methyl sites for hydroxylation is 1. The lowest BCUT2D eigenvalue weighted by Crippen LogP contribution is -2.37. The molecule has 0 aliphatic carbocycles. The molecule has 1 aromatic heterocycles. The van der Waals surface area contributed by atoms with Crippen molar-refractivity contribution < 1.29 is 8.42 Å². The number of benzene rings is 1. The summed E-state index contributed by atoms with van der Waals surface area (Å²) in [5.74, 6) is 0.714. The molecule has 2 aromatic rings. The Morgan fingerprint density at radius 2 is 1.93 bits per heavy atom. The van der Waals surface area contributed by atoms with Crippen LogP contribution in [-0.2, 0) is 29.4 Å². The van der Waals surface area contributed by atoms with E-state index in [1.54, 1.807) is 34.8 Å². The number of thiazole rings is 1. The minimum absolute atomic E-state index is 0.362. The molecule has 2 N–H and O–H groups in total. The van der Waals surface area contributed by atoms with E-state index in [1.807, 2.05) is 18.3 Å². The van der Waals surface area contributed by atoms with Crippen LogP contribution >= 0.6 is 11.3 Å². The summed E-state index contributed by atoms with van der Waals surface area (Å²) in [4.78, 5) is 10.3. The largest absolute Gasteiger partial charge is 0.356 e. The molecule has 1 aliphatic rings. The smallest absolute Gasteiger partial charge is 0.243 e. The molecule has 3 rings (SSSR count). The van der Waals surface area contributed by atoms with Crippen LogP contribution in [0.15, 0.2) is 40.4 Å². The van der Waals surface area contributed by atoms with E-state index < -0.39 is 10.0 Å². The van der Waals surface area contributed by atoms with Crippen LogP contribution < -0.4 is 10.6 Å². The van der Waals surface area contributed by atoms with Gasteiger partial charge >= 0.3 is 0 Å². The molecular formula is C20H29N5O2S2. The number of nitrogens with one attached hydrogen (secondary N) is 2. The fourth-order valence-corrected chi connectivity index (χ4v) is 5.56. The van der Waals surface area contributed by atoms with Gasteiger partial charge in [-0.25, -0.2) is 13.4 Å². The zero-order valence-corrected chi connectivity index (χ0v) is 18.7. The highest BCUT2D eigenvalue weighted by atomic mass is 32.2. The summed E-state index contributed by atoms with van der Waals surface area (Å²) < 4.78 is 26.7. The van der Waals surface area contributed by atoms with Crippen molar-refractivity contribution >= 4 is 27.3 Å². The maximum Gasteiger partial charge on any atom is 0.243 e. The Bertz CT molecular complexity index is 917. The molecule has 9 heteroatoms. The Hall–Kier alpha value is -1.97. The zero-order chi connectivity index (χ0) is 20.7. The van der Waals surface area contributed by atoms with Crippen LogP contribution in [0.25, 0.3) is 0 Å². The van der Waals surface area contributed by atoms with Crippen LogP contribution in [0.2, 0.25) is 0 Å². The molecule has 1 fully saturated rings. The molecule has 0 spiro atoms. The van der Waals surface area contributed by atoms with Crippen molar-refractivity contribution in [3.8, 4) is 0 Å². The summed E-state index contributed by atoms with van der Waals surface area (Å²) in [6.45, 7) is 4.70. The molecule has 1 saturated heterocycles. The van der Waals surface area contributed by atoms with Crippen LogP contribution in [0.5, 0.6) is 0 Å². The Balaban J connectivity index is 1.48. The zero-order valence-electron chi connectivity index (χ0n) is 17.0. The molecule has 2 heterocycles. The second kappa shape index (κ2) is 10.2. The van der Waals surface area contributed by atoms with E-state index in [0.29, 0.717) is 30.5 Å². The quantitative estimate of drug-likeness (QED) is 0.491. The van der Waals surface area contributed by atoms with Gasteiger partial charge in [0.15, 0.2) is 5.96 Å². The van der Waals surface area contributed by atoms with Gasteiger partial charge in [-0.05, 0) is 37.0 Å². The van der Waals surface area contributed by atoms with Gasteiger partial charge in [-0.1, -0.05) is 19.1 Å². The summed E-state index contributed by atoms with van der Waals surface area (Å²) >= 11 is 1.75. The van der Waals surface area contributed by atoms with Crippen molar-refractivity contribution in [1.82, 2.24) is 19.9 Å². The summed E-state index contributed by atoms with van der Waals surface area (Å²) in [7, 11) is -1.62. The van der Waals surface area contributed by atoms with Crippen molar-refractivity contribution in [2.75, 3.05) is 26.7 Å². The van der Waals surface area contributed by atoms with Crippen molar-refractivity contribution in [2.24, 2.45) is 4.99 Å². The normalized spacial score (nSPS) is 15.6. The van der Waals surface area contributed by atoms with Gasteiger partial charge in [-0.3, -0.25) is 4.99 Å². The number of aliphatic imine (C=N–C) groups is 1. The van der Waals surface area contributed by atoms with E-state index >= 15 is 0 Å². The molecule has 0 radical (unpaired) electrons. The van der Waals surface area contributed by atoms with Crippen LogP contribution in [0.4, 0.5) is 0 Å². The fraction of sp³-hybridized carbons (Fsp3) is 0.500. The number of hydrogen-bond acceptors (Lipinski definition) is 5. The average molecular weight is 436 g/mol. The molecule has 7 nitrogen and oxygen atoms in total. The number of rotatable bonds is 8. The van der Waals surface area contributed by atoms with Crippen molar-refractivity contribution in [3.63, 3.8) is 0 Å². The van der Waals surface area contributed by atoms with Crippen LogP contribution in [0.3, 0.4) is 0 Å². The summed E-state index contributed by atoms with van der Waals surface area (Å²) in [5, 5.41) is 7.68. The summed E-state index contributed by atoms with van der Waals surface area (Å²) in [6, 6.07) is 7.08. The molecule has 29 heavy (non-hydrogen) atoms. The van der Waals surface area contributed by atoms with Gasteiger partial charge in [0.05, 0.1) is 9.90 Å². The van der Waals surface area contributed by atoms with Crippen molar-refractivity contribution in [1.29, 1.82) is 0 Å². The van der Waals surface area contributed by atoms with Gasteiger partial charge in [0.2, 0.25) is 10.0 Å². The van der Waals surface area contributed by atoms with E-state index in [-0.39, 0.29) is 0 Å². The number of nitrogens with zero attached hydrogens (tertiary/aromatic N) is 3. The van der Waals surface area contributed by atoms with Gasteiger partial charge in [-0.2, -0.15) is 4.31 Å². The van der Waals surface area contributed by atoms with Crippen LogP contribution in [0.1, 0.15) is 35.2 Å². The second-order valence-corrected chi connectivity index (χ2v) is 10.1. The van der Waals surface area contributed by atoms with Gasteiger partial charge in [0.25, 0.3) is 0 Å². The van der Waals surface area contributed by atoms with E-state index in [2.05, 4.69) is 27.5 Å². The highest BCUT2D eigenvalue weighted by Crippen LogP contribution is 2.21. The fourth-order valence-electron chi connectivity index (χ4n) is 3.18. The van der Waals surface area contributed by atoms with Crippen LogP contribution in [0, 0.1) is 0 Å². The van der Waals surface area contributed by atoms with Gasteiger partial charge in [0, 0.05) is 50.7 Å². The minimum Gasteiger partial charge on any atom is -0.356 e. The van der Waals surface area contributed by atoms with Gasteiger partial charge in [0.1, 0.15) is 0 Å². The highest BCUT2D eigenvalue weighted by Gasteiger charge is 2.26. The first-order valence-electron chi connectivity index (χ1n) is 10.00. The Labute approximate surface area is 177 Å². The second-order valence-electron chi connectivity index (χ2n) is 6.93. The summed E-state index contributed by atoms with van der Waals surface area (Å²) in [5.41, 5.74) is 1.00. The predicted octanol–water partition coefficient (Wildman–Crippen LogP) is 2.40. The molecule has 0 amide bonds. The van der Waals surface area contributed by atoms with E-state index in [1.165, 1.54) is 4.88 Å². The lowest BCUT2D eigenvalue weighted by atomic mass is 10.2. The Morgan fingerprint density at radius 1 is 1.21 bits per heavy atom. The third-order valence-electron chi connectivity index (χ3n) is 4.89. The number of aromatic nitrogens is 1. The molecule has 0 bridgehead atoms. The third-order valence-corrected chi connectivity index (χ3v) is 8.01. The third kappa shape index (κ3) is 5.77. The monoisotopic (exact) mass is 435 g/mol. The minimum atomic E-state index is -3.36. The van der Waals surface area contributed by atoms with Gasteiger partial charge in [-0.15, -0.1) is 11.3 Å². The average Bonchev–Trinajstić information content (AvgIpc) is 3.43. The predicted molar refractivity (Wildman–Crippen MR) is 118 cm³/mol. The molecule has 158 valence electrons. The molecule has 0 unspecified atom stereocenters.